The lowest BCUT2D eigenvalue weighted by Crippen LogP contribution is -1.96. The van der Waals surface area contributed by atoms with Gasteiger partial charge in [0.1, 0.15) is 11.2 Å². The highest BCUT2D eigenvalue weighted by molar-refractivity contribution is 6.20. The first-order chi connectivity index (χ1) is 28.3. The fraction of sp³-hybridized carbons (Fsp3) is 0. The van der Waals surface area contributed by atoms with Crippen molar-refractivity contribution < 1.29 is 4.42 Å². The standard InChI is InChI=1S/C54H34N2O/c1-2-13-38(14-3-1)56-47-22-7-4-15-41(47)43-20-10-21-44(54(43)56)42-19-11-24-49-52(42)45-16-5-8-23-48(45)55(49)39-33-31-36(32-34-39)35-27-29-37(30-28-35)40-18-12-26-51-53(40)46-17-6-9-25-50(46)57-51/h1-34H. The topological polar surface area (TPSA) is 23.0 Å². The van der Waals surface area contributed by atoms with Crippen LogP contribution in [0.25, 0.3) is 110 Å². The Labute approximate surface area is 328 Å². The molecule has 0 saturated heterocycles. The number of furan rings is 1. The zero-order chi connectivity index (χ0) is 37.5. The number of aromatic nitrogens is 2. The van der Waals surface area contributed by atoms with Crippen molar-refractivity contribution >= 4 is 65.6 Å². The molecule has 0 aliphatic rings. The van der Waals surface area contributed by atoms with Crippen LogP contribution in [0.5, 0.6) is 0 Å². The van der Waals surface area contributed by atoms with Crippen molar-refractivity contribution in [1.82, 2.24) is 9.13 Å². The molecule has 0 spiro atoms. The van der Waals surface area contributed by atoms with Gasteiger partial charge in [0, 0.05) is 49.3 Å². The van der Waals surface area contributed by atoms with E-state index in [0.29, 0.717) is 0 Å². The molecule has 266 valence electrons. The van der Waals surface area contributed by atoms with Gasteiger partial charge in [0.2, 0.25) is 0 Å². The minimum atomic E-state index is 0.915. The summed E-state index contributed by atoms with van der Waals surface area (Å²) in [4.78, 5) is 0. The van der Waals surface area contributed by atoms with Gasteiger partial charge in [-0.2, -0.15) is 0 Å². The van der Waals surface area contributed by atoms with E-state index in [9.17, 15) is 0 Å². The number of hydrogen-bond donors (Lipinski definition) is 0. The minimum absolute atomic E-state index is 0.915. The summed E-state index contributed by atoms with van der Waals surface area (Å²) in [5.74, 6) is 0. The smallest absolute Gasteiger partial charge is 0.136 e. The van der Waals surface area contributed by atoms with Gasteiger partial charge in [0.15, 0.2) is 0 Å². The molecule has 0 unspecified atom stereocenters. The molecule has 0 radical (unpaired) electrons. The molecule has 3 aromatic heterocycles. The molecule has 12 rings (SSSR count). The number of fused-ring (bicyclic) bond motifs is 9. The van der Waals surface area contributed by atoms with E-state index < -0.39 is 0 Å². The van der Waals surface area contributed by atoms with Crippen LogP contribution in [0.3, 0.4) is 0 Å². The van der Waals surface area contributed by atoms with E-state index in [0.717, 1.165) is 33.3 Å². The lowest BCUT2D eigenvalue weighted by molar-refractivity contribution is 0.669. The highest BCUT2D eigenvalue weighted by Gasteiger charge is 2.21. The molecule has 0 amide bonds. The molecule has 3 heteroatoms. The molecular weight excluding hydrogens is 693 g/mol. The van der Waals surface area contributed by atoms with E-state index in [2.05, 4.69) is 203 Å². The number of nitrogens with zero attached hydrogens (tertiary/aromatic N) is 2. The molecule has 57 heavy (non-hydrogen) atoms. The van der Waals surface area contributed by atoms with E-state index in [-0.39, 0.29) is 0 Å². The molecule has 0 bridgehead atoms. The van der Waals surface area contributed by atoms with Crippen molar-refractivity contribution in [3.05, 3.63) is 206 Å². The number of hydrogen-bond acceptors (Lipinski definition) is 1. The second-order valence-corrected chi connectivity index (χ2v) is 14.8. The highest BCUT2D eigenvalue weighted by atomic mass is 16.3. The van der Waals surface area contributed by atoms with Crippen molar-refractivity contribution in [2.24, 2.45) is 0 Å². The molecule has 0 aliphatic carbocycles. The van der Waals surface area contributed by atoms with Gasteiger partial charge in [0.25, 0.3) is 0 Å². The summed E-state index contributed by atoms with van der Waals surface area (Å²) < 4.78 is 11.0. The number of para-hydroxylation sites is 5. The van der Waals surface area contributed by atoms with Crippen LogP contribution in [-0.2, 0) is 0 Å². The second-order valence-electron chi connectivity index (χ2n) is 14.8. The van der Waals surface area contributed by atoms with E-state index in [1.165, 1.54) is 77.0 Å². The van der Waals surface area contributed by atoms with E-state index >= 15 is 0 Å². The molecule has 0 saturated carbocycles. The number of benzene rings is 9. The van der Waals surface area contributed by atoms with Gasteiger partial charge in [-0.25, -0.2) is 0 Å². The maximum Gasteiger partial charge on any atom is 0.136 e. The zero-order valence-corrected chi connectivity index (χ0v) is 30.9. The van der Waals surface area contributed by atoms with Crippen LogP contribution in [0.2, 0.25) is 0 Å². The molecule has 3 nitrogen and oxygen atoms in total. The molecular formula is C54H34N2O. The van der Waals surface area contributed by atoms with E-state index in [1.54, 1.807) is 0 Å². The summed E-state index contributed by atoms with van der Waals surface area (Å²) in [6.07, 6.45) is 0. The third-order valence-corrected chi connectivity index (χ3v) is 11.8. The first-order valence-corrected chi connectivity index (χ1v) is 19.5. The fourth-order valence-corrected chi connectivity index (χ4v) is 9.26. The lowest BCUT2D eigenvalue weighted by Gasteiger charge is -2.13. The van der Waals surface area contributed by atoms with Crippen LogP contribution >= 0.6 is 0 Å². The molecule has 0 fully saturated rings. The quantitative estimate of drug-likeness (QED) is 0.173. The summed E-state index contributed by atoms with van der Waals surface area (Å²) in [6, 6.07) is 74.4. The Balaban J connectivity index is 0.980. The van der Waals surface area contributed by atoms with Gasteiger partial charge in [-0.1, -0.05) is 152 Å². The highest BCUT2D eigenvalue weighted by Crippen LogP contribution is 2.44. The monoisotopic (exact) mass is 726 g/mol. The first kappa shape index (κ1) is 31.7. The first-order valence-electron chi connectivity index (χ1n) is 19.5. The molecule has 3 heterocycles. The Kier molecular flexibility index (Phi) is 6.93. The summed E-state index contributed by atoms with van der Waals surface area (Å²) in [5, 5.41) is 7.31. The third kappa shape index (κ3) is 4.79. The minimum Gasteiger partial charge on any atom is -0.456 e. The normalized spacial score (nSPS) is 11.9. The van der Waals surface area contributed by atoms with Crippen molar-refractivity contribution in [2.45, 2.75) is 0 Å². The summed E-state index contributed by atoms with van der Waals surface area (Å²) >= 11 is 0. The largest absolute Gasteiger partial charge is 0.456 e. The van der Waals surface area contributed by atoms with Crippen molar-refractivity contribution in [1.29, 1.82) is 0 Å². The zero-order valence-electron chi connectivity index (χ0n) is 30.9. The Morgan fingerprint density at radius 3 is 1.61 bits per heavy atom. The van der Waals surface area contributed by atoms with Crippen molar-refractivity contribution in [3.8, 4) is 44.8 Å². The lowest BCUT2D eigenvalue weighted by atomic mass is 9.97. The van der Waals surface area contributed by atoms with Crippen LogP contribution in [-0.4, -0.2) is 9.13 Å². The van der Waals surface area contributed by atoms with Crippen LogP contribution in [0.1, 0.15) is 0 Å². The van der Waals surface area contributed by atoms with Gasteiger partial charge in [-0.3, -0.25) is 0 Å². The van der Waals surface area contributed by atoms with Crippen LogP contribution < -0.4 is 0 Å². The van der Waals surface area contributed by atoms with Gasteiger partial charge in [0.05, 0.1) is 22.1 Å². The Morgan fingerprint density at radius 1 is 0.281 bits per heavy atom. The predicted octanol–water partition coefficient (Wildman–Crippen LogP) is 14.8. The molecule has 12 aromatic rings. The fourth-order valence-electron chi connectivity index (χ4n) is 9.26. The van der Waals surface area contributed by atoms with Gasteiger partial charge < -0.3 is 13.6 Å². The summed E-state index contributed by atoms with van der Waals surface area (Å²) in [6.45, 7) is 0. The van der Waals surface area contributed by atoms with Crippen LogP contribution in [0.15, 0.2) is 211 Å². The summed E-state index contributed by atoms with van der Waals surface area (Å²) in [7, 11) is 0. The van der Waals surface area contributed by atoms with Crippen molar-refractivity contribution in [2.75, 3.05) is 0 Å². The van der Waals surface area contributed by atoms with Crippen LogP contribution in [0, 0.1) is 0 Å². The SMILES string of the molecule is c1ccc(-n2c3ccccc3c3cccc(-c4cccc5c4c4ccccc4n5-c4ccc(-c5ccc(-c6cccc7oc8ccccc8c67)cc5)cc4)c32)cc1. The van der Waals surface area contributed by atoms with E-state index in [4.69, 9.17) is 4.42 Å². The second kappa shape index (κ2) is 12.5. The predicted molar refractivity (Wildman–Crippen MR) is 239 cm³/mol. The molecule has 0 atom stereocenters. The number of rotatable bonds is 5. The van der Waals surface area contributed by atoms with Gasteiger partial charge in [-0.15, -0.1) is 0 Å². The summed E-state index contributed by atoms with van der Waals surface area (Å²) in [5.41, 5.74) is 16.1. The molecule has 0 aliphatic heterocycles. The van der Waals surface area contributed by atoms with Gasteiger partial charge in [-0.05, 0) is 82.4 Å². The average Bonchev–Trinajstić information content (AvgIpc) is 3.95. The molecule has 0 N–H and O–H groups in total. The van der Waals surface area contributed by atoms with Crippen molar-refractivity contribution in [3.63, 3.8) is 0 Å². The van der Waals surface area contributed by atoms with E-state index in [1.807, 2.05) is 12.1 Å². The Bertz CT molecular complexity index is 3490. The molecule has 9 aromatic carbocycles. The Hall–Kier alpha value is -7.62. The van der Waals surface area contributed by atoms with Gasteiger partial charge >= 0.3 is 0 Å². The maximum atomic E-state index is 6.18. The van der Waals surface area contributed by atoms with Crippen LogP contribution in [0.4, 0.5) is 0 Å². The Morgan fingerprint density at radius 2 is 0.807 bits per heavy atom. The average molecular weight is 727 g/mol. The maximum absolute atomic E-state index is 6.18. The third-order valence-electron chi connectivity index (χ3n) is 11.8.